The normalized spacial score (nSPS) is 10.8. The standard InChI is InChI=1S/C31H30O5/c1-32-27-18-15-23(20-29(27)33-2)14-16-26-17-19-28(35-21-24-10-6-4-7-11-24)31(30(26)34-3)36-22-25-12-8-5-9-13-25/h4-20H,21-22H2,1-3H3/b16-14+. The second-order valence-corrected chi connectivity index (χ2v) is 8.01. The van der Waals surface area contributed by atoms with Gasteiger partial charge in [-0.2, -0.15) is 0 Å². The maximum absolute atomic E-state index is 6.27. The van der Waals surface area contributed by atoms with Gasteiger partial charge in [-0.15, -0.1) is 0 Å². The lowest BCUT2D eigenvalue weighted by atomic mass is 10.1. The third-order valence-electron chi connectivity index (χ3n) is 5.64. The molecule has 36 heavy (non-hydrogen) atoms. The number of hydrogen-bond donors (Lipinski definition) is 0. The molecular weight excluding hydrogens is 452 g/mol. The van der Waals surface area contributed by atoms with Crippen molar-refractivity contribution in [3.05, 3.63) is 113 Å². The van der Waals surface area contributed by atoms with E-state index >= 15 is 0 Å². The van der Waals surface area contributed by atoms with Crippen LogP contribution in [0.3, 0.4) is 0 Å². The topological polar surface area (TPSA) is 46.2 Å². The van der Waals surface area contributed by atoms with Gasteiger partial charge >= 0.3 is 0 Å². The minimum Gasteiger partial charge on any atom is -0.493 e. The number of hydrogen-bond acceptors (Lipinski definition) is 5. The molecule has 184 valence electrons. The molecule has 0 aliphatic rings. The van der Waals surface area contributed by atoms with Crippen molar-refractivity contribution in [3.63, 3.8) is 0 Å². The molecule has 0 aromatic heterocycles. The molecule has 0 radical (unpaired) electrons. The van der Waals surface area contributed by atoms with Gasteiger partial charge in [-0.3, -0.25) is 0 Å². The first kappa shape index (κ1) is 24.7. The molecule has 4 aromatic rings. The molecule has 0 saturated carbocycles. The highest BCUT2D eigenvalue weighted by atomic mass is 16.5. The Balaban J connectivity index is 1.64. The van der Waals surface area contributed by atoms with Crippen LogP contribution in [0.15, 0.2) is 91.0 Å². The van der Waals surface area contributed by atoms with Gasteiger partial charge in [-0.05, 0) is 41.0 Å². The van der Waals surface area contributed by atoms with E-state index in [2.05, 4.69) is 0 Å². The van der Waals surface area contributed by atoms with Crippen molar-refractivity contribution in [2.45, 2.75) is 13.2 Å². The SMILES string of the molecule is COc1ccc(/C=C/c2ccc(OCc3ccccc3)c(OCc3ccccc3)c2OC)cc1OC. The van der Waals surface area contributed by atoms with Crippen LogP contribution in [0.1, 0.15) is 22.3 Å². The summed E-state index contributed by atoms with van der Waals surface area (Å²) in [6, 6.07) is 29.7. The quantitative estimate of drug-likeness (QED) is 0.215. The zero-order valence-corrected chi connectivity index (χ0v) is 20.8. The van der Waals surface area contributed by atoms with Crippen molar-refractivity contribution < 1.29 is 23.7 Å². The maximum Gasteiger partial charge on any atom is 0.204 e. The molecule has 0 aliphatic heterocycles. The fraction of sp³-hybridized carbons (Fsp3) is 0.161. The average Bonchev–Trinajstić information content (AvgIpc) is 2.94. The molecule has 4 rings (SSSR count). The van der Waals surface area contributed by atoms with Gasteiger partial charge in [0, 0.05) is 5.56 Å². The van der Waals surface area contributed by atoms with Gasteiger partial charge in [0.2, 0.25) is 5.75 Å². The summed E-state index contributed by atoms with van der Waals surface area (Å²) in [4.78, 5) is 0. The lowest BCUT2D eigenvalue weighted by molar-refractivity contribution is 0.244. The van der Waals surface area contributed by atoms with Gasteiger partial charge < -0.3 is 23.7 Å². The van der Waals surface area contributed by atoms with Gasteiger partial charge in [0.1, 0.15) is 13.2 Å². The van der Waals surface area contributed by atoms with Gasteiger partial charge in [0.15, 0.2) is 23.0 Å². The van der Waals surface area contributed by atoms with E-state index in [4.69, 9.17) is 23.7 Å². The highest BCUT2D eigenvalue weighted by Gasteiger charge is 2.17. The lowest BCUT2D eigenvalue weighted by Gasteiger charge is -2.18. The molecule has 4 aromatic carbocycles. The van der Waals surface area contributed by atoms with Crippen molar-refractivity contribution in [3.8, 4) is 28.7 Å². The Hall–Kier alpha value is -4.38. The van der Waals surface area contributed by atoms with Crippen LogP contribution in [-0.4, -0.2) is 21.3 Å². The first-order valence-electron chi connectivity index (χ1n) is 11.7. The minimum atomic E-state index is 0.391. The first-order valence-corrected chi connectivity index (χ1v) is 11.7. The van der Waals surface area contributed by atoms with E-state index in [1.54, 1.807) is 21.3 Å². The number of rotatable bonds is 11. The van der Waals surface area contributed by atoms with E-state index in [1.807, 2.05) is 103 Å². The predicted octanol–water partition coefficient (Wildman–Crippen LogP) is 7.04. The Labute approximate surface area is 212 Å². The molecule has 0 atom stereocenters. The van der Waals surface area contributed by atoms with E-state index in [0.29, 0.717) is 42.0 Å². The molecule has 0 bridgehead atoms. The molecule has 0 saturated heterocycles. The molecule has 0 fully saturated rings. The van der Waals surface area contributed by atoms with Crippen LogP contribution in [0.5, 0.6) is 28.7 Å². The number of ether oxygens (including phenoxy) is 5. The number of benzene rings is 4. The zero-order valence-electron chi connectivity index (χ0n) is 20.8. The lowest BCUT2D eigenvalue weighted by Crippen LogP contribution is -2.03. The minimum absolute atomic E-state index is 0.391. The summed E-state index contributed by atoms with van der Waals surface area (Å²) in [5.74, 6) is 3.14. The summed E-state index contributed by atoms with van der Waals surface area (Å²) in [6.45, 7) is 0.814. The van der Waals surface area contributed by atoms with Crippen molar-refractivity contribution in [2.75, 3.05) is 21.3 Å². The summed E-state index contributed by atoms with van der Waals surface area (Å²) < 4.78 is 29.0. The third kappa shape index (κ3) is 6.19. The summed E-state index contributed by atoms with van der Waals surface area (Å²) in [5.41, 5.74) is 3.95. The summed E-state index contributed by atoms with van der Waals surface area (Å²) in [5, 5.41) is 0. The molecule has 0 aliphatic carbocycles. The molecule has 5 nitrogen and oxygen atoms in total. The van der Waals surface area contributed by atoms with E-state index in [0.717, 1.165) is 22.3 Å². The Bertz CT molecular complexity index is 1280. The van der Waals surface area contributed by atoms with Crippen molar-refractivity contribution >= 4 is 12.2 Å². The Kier molecular flexibility index (Phi) is 8.49. The van der Waals surface area contributed by atoms with Crippen LogP contribution in [-0.2, 0) is 13.2 Å². The van der Waals surface area contributed by atoms with E-state index in [-0.39, 0.29) is 0 Å². The van der Waals surface area contributed by atoms with Crippen molar-refractivity contribution in [1.82, 2.24) is 0 Å². The molecule has 0 unspecified atom stereocenters. The van der Waals surface area contributed by atoms with Crippen molar-refractivity contribution in [2.24, 2.45) is 0 Å². The smallest absolute Gasteiger partial charge is 0.204 e. The van der Waals surface area contributed by atoms with E-state index < -0.39 is 0 Å². The van der Waals surface area contributed by atoms with Crippen molar-refractivity contribution in [1.29, 1.82) is 0 Å². The largest absolute Gasteiger partial charge is 0.493 e. The Morgan fingerprint density at radius 3 is 1.75 bits per heavy atom. The van der Waals surface area contributed by atoms with Crippen LogP contribution in [0, 0.1) is 0 Å². The van der Waals surface area contributed by atoms with E-state index in [9.17, 15) is 0 Å². The first-order chi connectivity index (χ1) is 17.7. The van der Waals surface area contributed by atoms with Crippen LogP contribution in [0.2, 0.25) is 0 Å². The van der Waals surface area contributed by atoms with Gasteiger partial charge in [0.05, 0.1) is 21.3 Å². The van der Waals surface area contributed by atoms with Crippen LogP contribution >= 0.6 is 0 Å². The van der Waals surface area contributed by atoms with Crippen LogP contribution in [0.25, 0.3) is 12.2 Å². The second-order valence-electron chi connectivity index (χ2n) is 8.01. The van der Waals surface area contributed by atoms with E-state index in [1.165, 1.54) is 0 Å². The predicted molar refractivity (Wildman–Crippen MR) is 143 cm³/mol. The van der Waals surface area contributed by atoms with Gasteiger partial charge in [-0.25, -0.2) is 0 Å². The fourth-order valence-corrected chi connectivity index (χ4v) is 3.76. The second kappa shape index (κ2) is 12.4. The van der Waals surface area contributed by atoms with Gasteiger partial charge in [-0.1, -0.05) is 78.9 Å². The Morgan fingerprint density at radius 1 is 0.528 bits per heavy atom. The fourth-order valence-electron chi connectivity index (χ4n) is 3.76. The van der Waals surface area contributed by atoms with Gasteiger partial charge in [0.25, 0.3) is 0 Å². The molecule has 5 heteroatoms. The summed E-state index contributed by atoms with van der Waals surface area (Å²) in [7, 11) is 4.88. The maximum atomic E-state index is 6.27. The molecule has 0 spiro atoms. The zero-order chi connectivity index (χ0) is 25.2. The summed E-state index contributed by atoms with van der Waals surface area (Å²) >= 11 is 0. The summed E-state index contributed by atoms with van der Waals surface area (Å²) in [6.07, 6.45) is 3.97. The highest BCUT2D eigenvalue weighted by Crippen LogP contribution is 2.42. The highest BCUT2D eigenvalue weighted by molar-refractivity contribution is 5.76. The number of methoxy groups -OCH3 is 3. The molecular formula is C31H30O5. The molecule has 0 amide bonds. The molecule has 0 heterocycles. The third-order valence-corrected chi connectivity index (χ3v) is 5.64. The molecule has 0 N–H and O–H groups in total. The monoisotopic (exact) mass is 482 g/mol. The average molecular weight is 483 g/mol. The Morgan fingerprint density at radius 2 is 1.14 bits per heavy atom. The van der Waals surface area contributed by atoms with Crippen LogP contribution in [0.4, 0.5) is 0 Å². The van der Waals surface area contributed by atoms with Crippen LogP contribution < -0.4 is 23.7 Å².